The maximum absolute atomic E-state index is 10.5. The monoisotopic (exact) mass is 237 g/mol. The summed E-state index contributed by atoms with van der Waals surface area (Å²) in [5.41, 5.74) is 0.843. The average molecular weight is 237 g/mol. The SMILES string of the molecule is CC(=O)Nc1ccccc1.C[C](=O)[Co]. The van der Waals surface area contributed by atoms with E-state index >= 15 is 0 Å². The molecule has 0 aliphatic heterocycles. The van der Waals surface area contributed by atoms with E-state index in [2.05, 4.69) is 21.1 Å². The fourth-order valence-corrected chi connectivity index (χ4v) is 0.725. The van der Waals surface area contributed by atoms with E-state index in [9.17, 15) is 9.59 Å². The van der Waals surface area contributed by atoms with Crippen molar-refractivity contribution in [3.63, 3.8) is 0 Å². The second-order valence-corrected chi connectivity index (χ2v) is 3.22. The number of hydrogen-bond donors (Lipinski definition) is 1. The molecule has 0 radical (unpaired) electrons. The predicted octanol–water partition coefficient (Wildman–Crippen LogP) is 1.72. The molecule has 0 heterocycles. The van der Waals surface area contributed by atoms with E-state index in [0.717, 1.165) is 5.69 Å². The Kier molecular flexibility index (Phi) is 6.70. The molecule has 0 fully saturated rings. The van der Waals surface area contributed by atoms with Crippen LogP contribution in [-0.4, -0.2) is 10.6 Å². The minimum absolute atomic E-state index is 0.0359. The Balaban J connectivity index is 0.000000364. The van der Waals surface area contributed by atoms with Crippen LogP contribution < -0.4 is 5.32 Å². The molecule has 0 aromatic heterocycles. The molecular weight excluding hydrogens is 225 g/mol. The van der Waals surface area contributed by atoms with Crippen molar-refractivity contribution in [2.24, 2.45) is 0 Å². The summed E-state index contributed by atoms with van der Waals surface area (Å²) in [6, 6.07) is 9.37. The molecule has 0 unspecified atom stereocenters. The third kappa shape index (κ3) is 8.96. The van der Waals surface area contributed by atoms with Crippen LogP contribution in [0.5, 0.6) is 0 Å². The van der Waals surface area contributed by atoms with Gasteiger partial charge in [0.1, 0.15) is 0 Å². The van der Waals surface area contributed by atoms with E-state index in [-0.39, 0.29) is 10.6 Å². The van der Waals surface area contributed by atoms with Crippen molar-refractivity contribution in [3.05, 3.63) is 30.3 Å². The second-order valence-electron chi connectivity index (χ2n) is 2.49. The minimum atomic E-state index is -0.146. The average Bonchev–Trinajstić information content (AvgIpc) is 2.03. The van der Waals surface area contributed by atoms with Gasteiger partial charge in [-0.2, -0.15) is 0 Å². The number of carbonyl (C=O) groups is 2. The quantitative estimate of drug-likeness (QED) is 0.808. The zero-order valence-corrected chi connectivity index (χ0v) is 9.08. The third-order valence-electron chi connectivity index (χ3n) is 1.09. The van der Waals surface area contributed by atoms with Crippen molar-refractivity contribution >= 4 is 16.3 Å². The Bertz CT molecular complexity index is 294. The first-order chi connectivity index (χ1) is 6.52. The molecule has 1 rings (SSSR count). The normalized spacial score (nSPS) is 8.29. The predicted molar refractivity (Wildman–Crippen MR) is 51.4 cm³/mol. The summed E-state index contributed by atoms with van der Waals surface area (Å²) in [6.07, 6.45) is 0. The van der Waals surface area contributed by atoms with Gasteiger partial charge in [-0.05, 0) is 12.1 Å². The van der Waals surface area contributed by atoms with Crippen LogP contribution in [-0.2, 0) is 25.3 Å². The van der Waals surface area contributed by atoms with Crippen LogP contribution in [0, 0.1) is 0 Å². The van der Waals surface area contributed by atoms with Gasteiger partial charge in [0.05, 0.1) is 0 Å². The van der Waals surface area contributed by atoms with E-state index in [1.165, 1.54) is 13.8 Å². The molecule has 0 saturated heterocycles. The summed E-state index contributed by atoms with van der Waals surface area (Å²) in [5.74, 6) is -0.0359. The number of para-hydroxylation sites is 1. The molecule has 3 nitrogen and oxygen atoms in total. The Morgan fingerprint density at radius 1 is 1.14 bits per heavy atom. The van der Waals surface area contributed by atoms with E-state index in [1.807, 2.05) is 30.3 Å². The Morgan fingerprint density at radius 2 is 1.57 bits per heavy atom. The number of amides is 1. The molecule has 1 amide bonds. The van der Waals surface area contributed by atoms with Crippen LogP contribution in [0.2, 0.25) is 0 Å². The summed E-state index contributed by atoms with van der Waals surface area (Å²) in [7, 11) is 0. The van der Waals surface area contributed by atoms with Crippen LogP contribution in [0.1, 0.15) is 13.8 Å². The first kappa shape index (κ1) is 12.9. The molecule has 0 saturated carbocycles. The zero-order chi connectivity index (χ0) is 11.0. The molecule has 0 spiro atoms. The van der Waals surface area contributed by atoms with E-state index in [1.54, 1.807) is 0 Å². The van der Waals surface area contributed by atoms with Crippen LogP contribution in [0.4, 0.5) is 5.69 Å². The molecule has 0 bridgehead atoms. The number of anilines is 1. The molecular formula is C10H12CoNO2. The van der Waals surface area contributed by atoms with Gasteiger partial charge in [0.2, 0.25) is 5.91 Å². The van der Waals surface area contributed by atoms with Gasteiger partial charge in [0.25, 0.3) is 0 Å². The molecule has 14 heavy (non-hydrogen) atoms. The van der Waals surface area contributed by atoms with Gasteiger partial charge in [-0.1, -0.05) is 18.2 Å². The van der Waals surface area contributed by atoms with Crippen molar-refractivity contribution in [3.8, 4) is 0 Å². The van der Waals surface area contributed by atoms with E-state index in [4.69, 9.17) is 0 Å². The van der Waals surface area contributed by atoms with Crippen LogP contribution in [0.3, 0.4) is 0 Å². The van der Waals surface area contributed by atoms with Crippen molar-refractivity contribution in [2.45, 2.75) is 13.8 Å². The summed E-state index contributed by atoms with van der Waals surface area (Å²) in [6.45, 7) is 2.88. The second kappa shape index (κ2) is 7.29. The summed E-state index contributed by atoms with van der Waals surface area (Å²) in [4.78, 5) is 19.8. The maximum atomic E-state index is 10.5. The molecule has 4 heteroatoms. The molecule has 1 aromatic rings. The van der Waals surface area contributed by atoms with Gasteiger partial charge in [-0.3, -0.25) is 4.79 Å². The van der Waals surface area contributed by atoms with Gasteiger partial charge in [-0.15, -0.1) is 0 Å². The van der Waals surface area contributed by atoms with Gasteiger partial charge in [-0.25, -0.2) is 0 Å². The number of rotatable bonds is 1. The van der Waals surface area contributed by atoms with Gasteiger partial charge in [0.15, 0.2) is 0 Å². The summed E-state index contributed by atoms with van der Waals surface area (Å²) >= 11 is 3.37. The zero-order valence-electron chi connectivity index (χ0n) is 8.04. The molecule has 1 N–H and O–H groups in total. The van der Waals surface area contributed by atoms with E-state index < -0.39 is 0 Å². The summed E-state index contributed by atoms with van der Waals surface area (Å²) < 4.78 is -0.146. The Morgan fingerprint density at radius 3 is 1.93 bits per heavy atom. The number of benzene rings is 1. The first-order valence-electron chi connectivity index (χ1n) is 3.99. The number of carbonyl (C=O) groups excluding carboxylic acids is 2. The van der Waals surface area contributed by atoms with Gasteiger partial charge < -0.3 is 5.32 Å². The van der Waals surface area contributed by atoms with Crippen molar-refractivity contribution in [1.82, 2.24) is 0 Å². The standard InChI is InChI=1S/C8H9NO.C2H3O.Co/c1-7(10)9-8-5-3-2-4-6-8;1-2-3;/h2-6H,1H3,(H,9,10);1H3;. The van der Waals surface area contributed by atoms with Crippen molar-refractivity contribution in [2.75, 3.05) is 5.32 Å². The van der Waals surface area contributed by atoms with Gasteiger partial charge in [0, 0.05) is 12.6 Å². The van der Waals surface area contributed by atoms with Crippen LogP contribution >= 0.6 is 0 Å². The topological polar surface area (TPSA) is 46.2 Å². The van der Waals surface area contributed by atoms with Gasteiger partial charge >= 0.3 is 32.2 Å². The Labute approximate surface area is 91.5 Å². The fraction of sp³-hybridized carbons (Fsp3) is 0.200. The molecule has 0 aliphatic rings. The van der Waals surface area contributed by atoms with Crippen LogP contribution in [0.25, 0.3) is 0 Å². The van der Waals surface area contributed by atoms with Crippen molar-refractivity contribution in [1.29, 1.82) is 0 Å². The summed E-state index contributed by atoms with van der Waals surface area (Å²) in [5, 5.41) is 2.67. The Hall–Kier alpha value is -1.13. The third-order valence-corrected chi connectivity index (χ3v) is 1.09. The molecule has 78 valence electrons. The van der Waals surface area contributed by atoms with E-state index in [0.29, 0.717) is 0 Å². The number of nitrogens with one attached hydrogen (secondary N) is 1. The number of hydrogen-bond acceptors (Lipinski definition) is 2. The van der Waals surface area contributed by atoms with Crippen LogP contribution in [0.15, 0.2) is 30.3 Å². The molecule has 0 aliphatic carbocycles. The molecule has 1 aromatic carbocycles. The first-order valence-corrected chi connectivity index (χ1v) is 4.51. The van der Waals surface area contributed by atoms with Crippen molar-refractivity contribution < 1.29 is 25.3 Å². The fourth-order valence-electron chi connectivity index (χ4n) is 0.725. The molecule has 0 atom stereocenters.